The van der Waals surface area contributed by atoms with Gasteiger partial charge in [0.25, 0.3) is 0 Å². The first kappa shape index (κ1) is 9.75. The maximum absolute atomic E-state index is 8.55. The van der Waals surface area contributed by atoms with E-state index < -0.39 is 0 Å². The number of rotatable bonds is 1. The number of oxime groups is 1. The molecule has 1 aromatic rings. The average molecular weight is 201 g/mol. The topological polar surface area (TPSA) is 41.8 Å². The Morgan fingerprint density at radius 2 is 2.13 bits per heavy atom. The van der Waals surface area contributed by atoms with Gasteiger partial charge in [0.1, 0.15) is 13.2 Å². The highest BCUT2D eigenvalue weighted by Crippen LogP contribution is 2.11. The van der Waals surface area contributed by atoms with Crippen molar-refractivity contribution in [3.63, 3.8) is 0 Å². The summed E-state index contributed by atoms with van der Waals surface area (Å²) in [5.74, 6) is 5.45. The van der Waals surface area contributed by atoms with Gasteiger partial charge in [0.05, 0.1) is 5.71 Å². The van der Waals surface area contributed by atoms with Crippen molar-refractivity contribution in [1.82, 2.24) is 0 Å². The Bertz CT molecular complexity index is 423. The van der Waals surface area contributed by atoms with Crippen molar-refractivity contribution in [3.05, 3.63) is 35.4 Å². The molecule has 0 fully saturated rings. The molecule has 0 amide bonds. The molecule has 0 saturated heterocycles. The Morgan fingerprint density at radius 3 is 2.73 bits per heavy atom. The lowest BCUT2D eigenvalue weighted by molar-refractivity contribution is 0.174. The minimum Gasteiger partial charge on any atom is -0.395 e. The number of hydrogen-bond acceptors (Lipinski definition) is 3. The number of hydrogen-bond donors (Lipinski definition) is 1. The van der Waals surface area contributed by atoms with Gasteiger partial charge in [-0.15, -0.1) is 0 Å². The lowest BCUT2D eigenvalue weighted by Crippen LogP contribution is -1.96. The quantitative estimate of drug-likeness (QED) is 0.693. The van der Waals surface area contributed by atoms with Crippen LogP contribution in [0.3, 0.4) is 0 Å². The molecule has 0 radical (unpaired) electrons. The number of aliphatic hydroxyl groups excluding tert-OH is 1. The van der Waals surface area contributed by atoms with Crippen LogP contribution in [-0.4, -0.2) is 24.0 Å². The van der Waals surface area contributed by atoms with Gasteiger partial charge in [-0.2, -0.15) is 0 Å². The Hall–Kier alpha value is -1.79. The van der Waals surface area contributed by atoms with Crippen LogP contribution in [0.25, 0.3) is 0 Å². The first-order chi connectivity index (χ1) is 7.40. The molecule has 0 unspecified atom stereocenters. The van der Waals surface area contributed by atoms with E-state index >= 15 is 0 Å². The standard InChI is InChI=1S/C12H11NO2/c14-8-1-2-10-3-5-11(6-4-10)12-7-9-15-13-12/h3-6,14H,7-9H2. The second-order valence-electron chi connectivity index (χ2n) is 3.16. The summed E-state index contributed by atoms with van der Waals surface area (Å²) in [5, 5.41) is 12.5. The molecule has 0 atom stereocenters. The van der Waals surface area contributed by atoms with E-state index in [9.17, 15) is 0 Å². The van der Waals surface area contributed by atoms with Crippen LogP contribution in [0, 0.1) is 11.8 Å². The first-order valence-electron chi connectivity index (χ1n) is 4.79. The van der Waals surface area contributed by atoms with E-state index in [1.807, 2.05) is 24.3 Å². The normalized spacial score (nSPS) is 13.8. The van der Waals surface area contributed by atoms with Crippen molar-refractivity contribution in [2.75, 3.05) is 13.2 Å². The zero-order valence-corrected chi connectivity index (χ0v) is 8.23. The summed E-state index contributed by atoms with van der Waals surface area (Å²) in [6, 6.07) is 7.77. The molecule has 1 aliphatic rings. The summed E-state index contributed by atoms with van der Waals surface area (Å²) in [5.41, 5.74) is 2.95. The van der Waals surface area contributed by atoms with Crippen LogP contribution in [0.2, 0.25) is 0 Å². The zero-order chi connectivity index (χ0) is 10.5. The van der Waals surface area contributed by atoms with Gasteiger partial charge in [-0.05, 0) is 17.7 Å². The van der Waals surface area contributed by atoms with Gasteiger partial charge in [-0.25, -0.2) is 0 Å². The smallest absolute Gasteiger partial charge is 0.122 e. The van der Waals surface area contributed by atoms with E-state index in [1.165, 1.54) is 0 Å². The van der Waals surface area contributed by atoms with Crippen LogP contribution in [-0.2, 0) is 4.84 Å². The van der Waals surface area contributed by atoms with E-state index in [4.69, 9.17) is 9.94 Å². The maximum Gasteiger partial charge on any atom is 0.122 e. The molecule has 76 valence electrons. The fourth-order valence-electron chi connectivity index (χ4n) is 1.40. The second kappa shape index (κ2) is 4.63. The lowest BCUT2D eigenvalue weighted by atomic mass is 10.1. The highest BCUT2D eigenvalue weighted by Gasteiger charge is 2.09. The molecule has 1 aromatic carbocycles. The fourth-order valence-corrected chi connectivity index (χ4v) is 1.40. The summed E-state index contributed by atoms with van der Waals surface area (Å²) in [6.45, 7) is 0.559. The lowest BCUT2D eigenvalue weighted by Gasteiger charge is -1.97. The van der Waals surface area contributed by atoms with Crippen LogP contribution in [0.1, 0.15) is 17.5 Å². The third-order valence-electron chi connectivity index (χ3n) is 2.13. The SMILES string of the molecule is OCC#Cc1ccc(C2=NOCC2)cc1. The molecular weight excluding hydrogens is 190 g/mol. The number of aliphatic hydroxyl groups is 1. The van der Waals surface area contributed by atoms with E-state index in [0.717, 1.165) is 23.3 Å². The molecule has 1 heterocycles. The van der Waals surface area contributed by atoms with E-state index in [0.29, 0.717) is 6.61 Å². The Kier molecular flexibility index (Phi) is 3.01. The summed E-state index contributed by atoms with van der Waals surface area (Å²) in [6.07, 6.45) is 0.863. The Labute approximate surface area is 88.4 Å². The monoisotopic (exact) mass is 201 g/mol. The van der Waals surface area contributed by atoms with Gasteiger partial charge in [-0.1, -0.05) is 29.1 Å². The van der Waals surface area contributed by atoms with Crippen LogP contribution < -0.4 is 0 Å². The van der Waals surface area contributed by atoms with E-state index in [1.54, 1.807) is 0 Å². The number of benzene rings is 1. The van der Waals surface area contributed by atoms with Crippen LogP contribution in [0.4, 0.5) is 0 Å². The van der Waals surface area contributed by atoms with Gasteiger partial charge < -0.3 is 9.94 Å². The van der Waals surface area contributed by atoms with E-state index in [2.05, 4.69) is 17.0 Å². The van der Waals surface area contributed by atoms with Crippen molar-refractivity contribution < 1.29 is 9.94 Å². The predicted octanol–water partition coefficient (Wildman–Crippen LogP) is 1.15. The minimum atomic E-state index is -0.109. The molecule has 3 heteroatoms. The molecule has 0 aliphatic carbocycles. The van der Waals surface area contributed by atoms with Crippen molar-refractivity contribution in [3.8, 4) is 11.8 Å². The van der Waals surface area contributed by atoms with Crippen molar-refractivity contribution in [2.24, 2.45) is 5.16 Å². The largest absolute Gasteiger partial charge is 0.395 e. The summed E-state index contributed by atoms with van der Waals surface area (Å²) >= 11 is 0. The van der Waals surface area contributed by atoms with Crippen molar-refractivity contribution in [1.29, 1.82) is 0 Å². The van der Waals surface area contributed by atoms with Gasteiger partial charge >= 0.3 is 0 Å². The average Bonchev–Trinajstić information content (AvgIpc) is 2.80. The third kappa shape index (κ3) is 2.36. The molecule has 1 aliphatic heterocycles. The molecule has 0 bridgehead atoms. The van der Waals surface area contributed by atoms with E-state index in [-0.39, 0.29) is 6.61 Å². The van der Waals surface area contributed by atoms with Gasteiger partial charge in [0.2, 0.25) is 0 Å². The molecule has 0 saturated carbocycles. The van der Waals surface area contributed by atoms with Crippen LogP contribution >= 0.6 is 0 Å². The zero-order valence-electron chi connectivity index (χ0n) is 8.23. The van der Waals surface area contributed by atoms with Gasteiger partial charge in [0, 0.05) is 12.0 Å². The summed E-state index contributed by atoms with van der Waals surface area (Å²) in [4.78, 5) is 4.93. The molecule has 0 spiro atoms. The fraction of sp³-hybridized carbons (Fsp3) is 0.250. The van der Waals surface area contributed by atoms with Crippen LogP contribution in [0.5, 0.6) is 0 Å². The van der Waals surface area contributed by atoms with Crippen LogP contribution in [0.15, 0.2) is 29.4 Å². The molecule has 1 N–H and O–H groups in total. The Balaban J connectivity index is 2.16. The number of nitrogens with zero attached hydrogens (tertiary/aromatic N) is 1. The van der Waals surface area contributed by atoms with Crippen molar-refractivity contribution in [2.45, 2.75) is 6.42 Å². The molecule has 3 nitrogen and oxygen atoms in total. The Morgan fingerprint density at radius 1 is 1.33 bits per heavy atom. The molecule has 0 aromatic heterocycles. The molecular formula is C12H11NO2. The maximum atomic E-state index is 8.55. The first-order valence-corrected chi connectivity index (χ1v) is 4.79. The summed E-state index contributed by atoms with van der Waals surface area (Å²) < 4.78 is 0. The van der Waals surface area contributed by atoms with Gasteiger partial charge in [0.15, 0.2) is 0 Å². The minimum absolute atomic E-state index is 0.109. The highest BCUT2D eigenvalue weighted by atomic mass is 16.6. The molecule has 15 heavy (non-hydrogen) atoms. The highest BCUT2D eigenvalue weighted by molar-refractivity contribution is 6.00. The third-order valence-corrected chi connectivity index (χ3v) is 2.13. The molecule has 2 rings (SSSR count). The van der Waals surface area contributed by atoms with Gasteiger partial charge in [-0.3, -0.25) is 0 Å². The van der Waals surface area contributed by atoms with Crippen molar-refractivity contribution >= 4 is 5.71 Å². The summed E-state index contributed by atoms with van der Waals surface area (Å²) in [7, 11) is 0. The predicted molar refractivity (Wildman–Crippen MR) is 57.5 cm³/mol. The second-order valence-corrected chi connectivity index (χ2v) is 3.16.